The molecule has 1 aromatic heterocycles. The number of ether oxygens (including phenoxy) is 4. The van der Waals surface area contributed by atoms with Gasteiger partial charge in [-0.1, -0.05) is 51.1 Å². The number of fused-ring (bicyclic) bond motifs is 1. The Hall–Kier alpha value is -2.88. The summed E-state index contributed by atoms with van der Waals surface area (Å²) in [6.45, 7) is 14.2. The Morgan fingerprint density at radius 3 is 2.42 bits per heavy atom. The van der Waals surface area contributed by atoms with Gasteiger partial charge >= 0.3 is 0 Å². The molecule has 0 bridgehead atoms. The molecule has 0 spiro atoms. The van der Waals surface area contributed by atoms with Crippen LogP contribution in [0.15, 0.2) is 36.5 Å². The molecule has 2 amide bonds. The Bertz CT molecular complexity index is 1760. The van der Waals surface area contributed by atoms with Crippen LogP contribution in [-0.2, 0) is 28.5 Å². The molecular weight excluding hydrogens is 753 g/mol. The topological polar surface area (TPSA) is 166 Å². The maximum absolute atomic E-state index is 14.9. The molecule has 2 aromatic rings. The van der Waals surface area contributed by atoms with E-state index in [4.69, 9.17) is 18.9 Å². The first-order valence-corrected chi connectivity index (χ1v) is 21.9. The number of aliphatic hydroxyl groups is 3. The van der Waals surface area contributed by atoms with Crippen molar-refractivity contribution in [3.8, 4) is 0 Å². The number of hydrogen-bond acceptors (Lipinski definition) is 10. The van der Waals surface area contributed by atoms with E-state index in [9.17, 15) is 24.9 Å². The van der Waals surface area contributed by atoms with E-state index >= 15 is 0 Å². The quantitative estimate of drug-likeness (QED) is 0.252. The first-order chi connectivity index (χ1) is 27.8. The highest BCUT2D eigenvalue weighted by atomic mass is 16.7. The van der Waals surface area contributed by atoms with Gasteiger partial charge in [0, 0.05) is 73.6 Å². The zero-order chi connectivity index (χ0) is 43.0. The number of carbonyl (C=O) groups is 2. The van der Waals surface area contributed by atoms with Crippen molar-refractivity contribution in [2.24, 2.45) is 29.6 Å². The summed E-state index contributed by atoms with van der Waals surface area (Å²) in [6.07, 6.45) is 4.06. The second-order valence-electron chi connectivity index (χ2n) is 19.2. The van der Waals surface area contributed by atoms with Gasteiger partial charge in [-0.05, 0) is 97.4 Å². The van der Waals surface area contributed by atoms with Crippen molar-refractivity contribution in [2.45, 2.75) is 153 Å². The fourth-order valence-electron chi connectivity index (χ4n) is 10.4. The highest BCUT2D eigenvalue weighted by molar-refractivity contribution is 5.89. The van der Waals surface area contributed by atoms with Crippen LogP contribution in [0.4, 0.5) is 0 Å². The number of aliphatic hydroxyl groups excluding tert-OH is 2. The van der Waals surface area contributed by atoms with Gasteiger partial charge in [-0.2, -0.15) is 0 Å². The number of carbonyl (C=O) groups excluding carboxylic acids is 2. The maximum atomic E-state index is 14.9. The van der Waals surface area contributed by atoms with Crippen molar-refractivity contribution in [3.05, 3.63) is 42.1 Å². The molecule has 1 saturated carbocycles. The van der Waals surface area contributed by atoms with Crippen molar-refractivity contribution in [1.29, 1.82) is 0 Å². The number of nitrogens with one attached hydrogen (secondary N) is 2. The van der Waals surface area contributed by atoms with Gasteiger partial charge < -0.3 is 54.4 Å². The van der Waals surface area contributed by atoms with Crippen molar-refractivity contribution >= 4 is 28.8 Å². The summed E-state index contributed by atoms with van der Waals surface area (Å²) in [6, 6.07) is 7.42. The van der Waals surface area contributed by atoms with E-state index in [0.29, 0.717) is 25.9 Å². The van der Waals surface area contributed by atoms with Crippen molar-refractivity contribution in [2.75, 3.05) is 34.3 Å². The van der Waals surface area contributed by atoms with Gasteiger partial charge in [-0.25, -0.2) is 0 Å². The minimum absolute atomic E-state index is 0.000888. The summed E-state index contributed by atoms with van der Waals surface area (Å²) in [7, 11) is 5.42. The lowest BCUT2D eigenvalue weighted by atomic mass is 9.68. The molecule has 6 rings (SSSR count). The predicted octanol–water partition coefficient (Wildman–Crippen LogP) is 4.73. The lowest BCUT2D eigenvalue weighted by Crippen LogP contribution is -2.62. The second-order valence-corrected chi connectivity index (χ2v) is 19.2. The molecule has 4 fully saturated rings. The molecule has 15 atom stereocenters. The van der Waals surface area contributed by atoms with E-state index in [1.54, 1.807) is 14.0 Å². The molecule has 4 heterocycles. The summed E-state index contributed by atoms with van der Waals surface area (Å²) in [5.74, 6) is -2.02. The lowest BCUT2D eigenvalue weighted by molar-refractivity contribution is -0.302. The molecule has 13 nitrogen and oxygen atoms in total. The third-order valence-corrected chi connectivity index (χ3v) is 13.9. The number of aromatic nitrogens is 1. The van der Waals surface area contributed by atoms with Crippen LogP contribution in [0.5, 0.6) is 0 Å². The molecule has 13 heteroatoms. The zero-order valence-electron chi connectivity index (χ0n) is 37.0. The van der Waals surface area contributed by atoms with Gasteiger partial charge in [0.2, 0.25) is 11.8 Å². The number of benzene rings is 1. The summed E-state index contributed by atoms with van der Waals surface area (Å²) in [5.41, 5.74) is -0.458. The Morgan fingerprint density at radius 1 is 1.03 bits per heavy atom. The van der Waals surface area contributed by atoms with E-state index in [1.165, 1.54) is 0 Å². The third-order valence-electron chi connectivity index (χ3n) is 13.9. The summed E-state index contributed by atoms with van der Waals surface area (Å²) in [5, 5.41) is 40.2. The second kappa shape index (κ2) is 18.6. The number of aromatic amines is 1. The molecule has 4 aliphatic rings. The smallest absolute Gasteiger partial charge is 0.225 e. The van der Waals surface area contributed by atoms with Crippen LogP contribution in [0, 0.1) is 29.6 Å². The summed E-state index contributed by atoms with van der Waals surface area (Å²) >= 11 is 0. The fraction of sp³-hybridized carbons (Fsp3) is 0.739. The lowest BCUT2D eigenvalue weighted by Gasteiger charge is -2.51. The molecule has 1 aliphatic carbocycles. The summed E-state index contributed by atoms with van der Waals surface area (Å²) in [4.78, 5) is 35.9. The average molecular weight is 825 g/mol. The number of nitrogens with zero attached hydrogens (tertiary/aromatic N) is 2. The van der Waals surface area contributed by atoms with Gasteiger partial charge in [0.05, 0.1) is 35.6 Å². The molecular formula is C46H72N4O9. The molecule has 0 radical (unpaired) electrons. The van der Waals surface area contributed by atoms with Gasteiger partial charge in [-0.15, -0.1) is 0 Å². The van der Waals surface area contributed by atoms with E-state index in [2.05, 4.69) is 23.3 Å². The zero-order valence-corrected chi connectivity index (χ0v) is 37.0. The SMILES string of the molecule is CO[C@]1(C)C[C@H](C2[C@@H](C)C(=O)NC(/C=C/c3c[nH]c4ccccc34)CCN(C(=O)C3CC3)C[C@H](C)C[C@@](C)(O)[C@H](O[C@@H]3O[C@H](C)C[C@H](N(C)C)[C@H]3O)[C@H]2C)O[C@@H](C)C1O. The van der Waals surface area contributed by atoms with E-state index < -0.39 is 71.8 Å². The van der Waals surface area contributed by atoms with Gasteiger partial charge in [0.1, 0.15) is 12.2 Å². The van der Waals surface area contributed by atoms with Gasteiger partial charge in [-0.3, -0.25) is 9.59 Å². The number of amides is 2. The Balaban J connectivity index is 1.42. The molecule has 330 valence electrons. The summed E-state index contributed by atoms with van der Waals surface area (Å²) < 4.78 is 25.8. The van der Waals surface area contributed by atoms with Crippen LogP contribution in [0.1, 0.15) is 92.6 Å². The van der Waals surface area contributed by atoms with Crippen molar-refractivity contribution in [1.82, 2.24) is 20.1 Å². The number of rotatable bonds is 8. The molecule has 1 aromatic carbocycles. The average Bonchev–Trinajstić information content (AvgIpc) is 3.95. The number of hydrogen-bond donors (Lipinski definition) is 5. The Kier molecular flexibility index (Phi) is 14.4. The Labute approximate surface area is 351 Å². The van der Waals surface area contributed by atoms with Crippen LogP contribution in [-0.4, -0.2) is 142 Å². The maximum Gasteiger partial charge on any atom is 0.225 e. The van der Waals surface area contributed by atoms with Crippen LogP contribution < -0.4 is 5.32 Å². The first kappa shape index (κ1) is 45.6. The predicted molar refractivity (Wildman–Crippen MR) is 227 cm³/mol. The third kappa shape index (κ3) is 10.3. The van der Waals surface area contributed by atoms with Gasteiger partial charge in [0.25, 0.3) is 0 Å². The van der Waals surface area contributed by atoms with Crippen LogP contribution in [0.25, 0.3) is 17.0 Å². The highest BCUT2D eigenvalue weighted by Crippen LogP contribution is 2.44. The van der Waals surface area contributed by atoms with Crippen LogP contribution in [0.2, 0.25) is 0 Å². The van der Waals surface area contributed by atoms with E-state index in [0.717, 1.165) is 29.3 Å². The monoisotopic (exact) mass is 825 g/mol. The number of para-hydroxylation sites is 1. The van der Waals surface area contributed by atoms with Crippen LogP contribution in [0.3, 0.4) is 0 Å². The Morgan fingerprint density at radius 2 is 1.75 bits per heavy atom. The fourth-order valence-corrected chi connectivity index (χ4v) is 10.4. The normalized spacial score (nSPS) is 40.9. The number of methoxy groups -OCH3 is 1. The molecule has 3 saturated heterocycles. The largest absolute Gasteiger partial charge is 0.387 e. The molecule has 3 unspecified atom stereocenters. The first-order valence-electron chi connectivity index (χ1n) is 21.9. The number of H-pyrrole nitrogens is 1. The highest BCUT2D eigenvalue weighted by Gasteiger charge is 2.54. The van der Waals surface area contributed by atoms with E-state index in [-0.39, 0.29) is 48.6 Å². The van der Waals surface area contributed by atoms with Crippen LogP contribution >= 0.6 is 0 Å². The minimum Gasteiger partial charge on any atom is -0.387 e. The molecule has 3 aliphatic heterocycles. The molecule has 59 heavy (non-hydrogen) atoms. The molecule has 5 N–H and O–H groups in total. The number of likely N-dealkylation sites (N-methyl/N-ethyl adjacent to an activating group) is 1. The van der Waals surface area contributed by atoms with Crippen molar-refractivity contribution < 1.29 is 43.9 Å². The van der Waals surface area contributed by atoms with E-state index in [1.807, 2.05) is 95.1 Å². The van der Waals surface area contributed by atoms with Crippen molar-refractivity contribution in [3.63, 3.8) is 0 Å². The minimum atomic E-state index is -1.50. The van der Waals surface area contributed by atoms with Gasteiger partial charge in [0.15, 0.2) is 6.29 Å². The standard InChI is InChI=1S/C46H72N4O9/c1-26-22-45(6,55)41(59-44-39(51)36(49(8)9)21-27(2)57-44)28(3)38(37-23-46(7,56-10)40(52)30(5)58-37)29(4)42(53)48-33(19-20-50(25-26)43(54)31-15-16-31)18-17-32-24-47-35-14-12-11-13-34(32)35/h11-14,17-18,24,26-31,33,36-41,44,47,51-52,55H,15-16,19-23,25H2,1-10H3,(H,48,53)/b18-17+/t26-,27-,28+,29-,30+,33?,36+,37-,38?,39-,40?,41-,44+,45-,46-/m1/s1.